The summed E-state index contributed by atoms with van der Waals surface area (Å²) < 4.78 is 97.3. The highest BCUT2D eigenvalue weighted by atomic mass is 19.4. The van der Waals surface area contributed by atoms with Crippen LogP contribution in [0.2, 0.25) is 0 Å². The van der Waals surface area contributed by atoms with E-state index in [0.717, 1.165) is 6.07 Å². The third-order valence-corrected chi connectivity index (χ3v) is 6.09. The van der Waals surface area contributed by atoms with Crippen molar-refractivity contribution in [3.8, 4) is 40.4 Å². The van der Waals surface area contributed by atoms with E-state index in [1.54, 1.807) is 0 Å². The first-order chi connectivity index (χ1) is 22.6. The summed E-state index contributed by atoms with van der Waals surface area (Å²) >= 11 is 0. The normalized spacial score (nSPS) is 11.6. The molecule has 0 N–H and O–H groups in total. The van der Waals surface area contributed by atoms with E-state index >= 15 is 0 Å². The van der Waals surface area contributed by atoms with Crippen molar-refractivity contribution in [3.63, 3.8) is 0 Å². The number of carbonyl (C=O) groups is 3. The van der Waals surface area contributed by atoms with Crippen LogP contribution in [0.1, 0.15) is 10.4 Å². The van der Waals surface area contributed by atoms with Crippen molar-refractivity contribution in [2.45, 2.75) is 12.4 Å². The molecule has 0 aliphatic heterocycles. The Morgan fingerprint density at radius 3 is 1.98 bits per heavy atom. The van der Waals surface area contributed by atoms with Gasteiger partial charge in [0.2, 0.25) is 17.4 Å². The number of amides is 1. The Kier molecular flexibility index (Phi) is 8.91. The smallest absolute Gasteiger partial charge is 0.449 e. The molecule has 248 valence electrons. The van der Waals surface area contributed by atoms with Crippen molar-refractivity contribution in [2.75, 3.05) is 14.1 Å². The van der Waals surface area contributed by atoms with E-state index in [-0.39, 0.29) is 33.5 Å². The Hall–Kier alpha value is -6.20. The van der Waals surface area contributed by atoms with Crippen LogP contribution < -0.4 is 19.0 Å². The minimum absolute atomic E-state index is 0.118. The molecule has 0 bridgehead atoms. The number of benzene rings is 2. The fourth-order valence-corrected chi connectivity index (χ4v) is 3.98. The van der Waals surface area contributed by atoms with E-state index in [1.807, 2.05) is 0 Å². The number of ether oxygens (including phenoxy) is 3. The number of hydrogen-bond donors (Lipinski definition) is 0. The Labute approximate surface area is 265 Å². The average Bonchev–Trinajstić information content (AvgIpc) is 3.40. The maximum absolute atomic E-state index is 13.6. The number of pyridine rings is 2. The lowest BCUT2D eigenvalue weighted by molar-refractivity contribution is -0.199. The van der Waals surface area contributed by atoms with Gasteiger partial charge in [0.05, 0.1) is 0 Å². The van der Waals surface area contributed by atoms with Crippen molar-refractivity contribution in [3.05, 3.63) is 84.7 Å². The van der Waals surface area contributed by atoms with Crippen LogP contribution >= 0.6 is 0 Å². The number of halogens is 6. The molecule has 0 radical (unpaired) electrons. The third-order valence-electron chi connectivity index (χ3n) is 6.09. The molecule has 0 spiro atoms. The molecule has 0 unspecified atom stereocenters. The van der Waals surface area contributed by atoms with Crippen molar-refractivity contribution >= 4 is 28.9 Å². The summed E-state index contributed by atoms with van der Waals surface area (Å²) in [6.45, 7) is 0. The fourth-order valence-electron chi connectivity index (χ4n) is 3.98. The van der Waals surface area contributed by atoms with Crippen LogP contribution in [-0.2, 0) is 9.59 Å². The largest absolute Gasteiger partial charge is 0.493 e. The number of hydrogen-bond acceptors (Lipinski definition) is 10. The number of fused-ring (bicyclic) bond motifs is 1. The molecule has 2 aromatic carbocycles. The van der Waals surface area contributed by atoms with Crippen molar-refractivity contribution in [1.82, 2.24) is 24.6 Å². The number of aromatic nitrogens is 4. The van der Waals surface area contributed by atoms with E-state index in [0.29, 0.717) is 0 Å². The number of esters is 1. The summed E-state index contributed by atoms with van der Waals surface area (Å²) in [5.41, 5.74) is -1.36. The first-order valence-electron chi connectivity index (χ1n) is 13.3. The SMILES string of the molecule is CN(C)C(=O)c1ccc(Oc2c(Oc3ccccn3)cc3c(nc(-c4ccccn4)n3OC(=O)C(F)(F)F)c2OC(=O)C(F)(F)F)cc1. The van der Waals surface area contributed by atoms with Gasteiger partial charge in [0.1, 0.15) is 22.5 Å². The summed E-state index contributed by atoms with van der Waals surface area (Å²) in [6, 6.07) is 14.5. The predicted octanol–water partition coefficient (Wildman–Crippen LogP) is 5.76. The van der Waals surface area contributed by atoms with Crippen LogP contribution in [0.15, 0.2) is 79.1 Å². The molecule has 48 heavy (non-hydrogen) atoms. The maximum Gasteiger partial charge on any atom is 0.493 e. The molecule has 3 heterocycles. The molecule has 0 aliphatic rings. The summed E-state index contributed by atoms with van der Waals surface area (Å²) in [5, 5.41) is 0. The van der Waals surface area contributed by atoms with Crippen LogP contribution in [0.4, 0.5) is 26.3 Å². The lowest BCUT2D eigenvalue weighted by Crippen LogP contribution is -2.33. The highest BCUT2D eigenvalue weighted by Crippen LogP contribution is 2.48. The second kappa shape index (κ2) is 12.9. The molecule has 12 nitrogen and oxygen atoms in total. The summed E-state index contributed by atoms with van der Waals surface area (Å²) in [5.74, 6) is -9.19. The van der Waals surface area contributed by atoms with Gasteiger partial charge in [0.15, 0.2) is 11.6 Å². The average molecular weight is 675 g/mol. The lowest BCUT2D eigenvalue weighted by atomic mass is 10.2. The number of nitrogens with zero attached hydrogens (tertiary/aromatic N) is 5. The van der Waals surface area contributed by atoms with Crippen LogP contribution in [0.25, 0.3) is 22.6 Å². The number of carbonyl (C=O) groups excluding carboxylic acids is 3. The molecule has 0 aliphatic carbocycles. The second-order valence-electron chi connectivity index (χ2n) is 9.71. The van der Waals surface area contributed by atoms with Gasteiger partial charge in [0, 0.05) is 44.2 Å². The number of rotatable bonds is 8. The number of imidazole rings is 1. The van der Waals surface area contributed by atoms with E-state index < -0.39 is 58.4 Å². The molecule has 3 aromatic heterocycles. The van der Waals surface area contributed by atoms with Gasteiger partial charge in [-0.2, -0.15) is 31.1 Å². The Morgan fingerprint density at radius 1 is 0.771 bits per heavy atom. The molecular formula is C30H19F6N5O7. The highest BCUT2D eigenvalue weighted by Gasteiger charge is 2.44. The van der Waals surface area contributed by atoms with E-state index in [9.17, 15) is 40.7 Å². The zero-order valence-electron chi connectivity index (χ0n) is 24.4. The topological polar surface area (TPSA) is 135 Å². The van der Waals surface area contributed by atoms with E-state index in [4.69, 9.17) is 14.2 Å². The summed E-state index contributed by atoms with van der Waals surface area (Å²) in [7, 11) is 3.02. The van der Waals surface area contributed by atoms with Crippen LogP contribution in [-0.4, -0.2) is 68.9 Å². The third kappa shape index (κ3) is 7.11. The fraction of sp³-hybridized carbons (Fsp3) is 0.133. The zero-order valence-corrected chi connectivity index (χ0v) is 24.4. The Bertz CT molecular complexity index is 1980. The molecule has 5 rings (SSSR count). The zero-order chi connectivity index (χ0) is 34.8. The predicted molar refractivity (Wildman–Crippen MR) is 151 cm³/mol. The Balaban J connectivity index is 1.80. The second-order valence-corrected chi connectivity index (χ2v) is 9.71. The Morgan fingerprint density at radius 2 is 1.42 bits per heavy atom. The van der Waals surface area contributed by atoms with Crippen LogP contribution in [0.3, 0.4) is 0 Å². The maximum atomic E-state index is 13.6. The molecule has 0 fully saturated rings. The van der Waals surface area contributed by atoms with E-state index in [1.165, 1.54) is 92.1 Å². The molecular weight excluding hydrogens is 656 g/mol. The first kappa shape index (κ1) is 33.2. The lowest BCUT2D eigenvalue weighted by Gasteiger charge is -2.17. The number of alkyl halides is 6. The van der Waals surface area contributed by atoms with Crippen molar-refractivity contribution in [1.29, 1.82) is 0 Å². The van der Waals surface area contributed by atoms with Gasteiger partial charge >= 0.3 is 24.3 Å². The molecule has 0 saturated heterocycles. The molecule has 18 heteroatoms. The van der Waals surface area contributed by atoms with Crippen LogP contribution in [0.5, 0.6) is 28.9 Å². The van der Waals surface area contributed by atoms with Crippen molar-refractivity contribution in [2.24, 2.45) is 0 Å². The van der Waals surface area contributed by atoms with Gasteiger partial charge in [0.25, 0.3) is 5.91 Å². The van der Waals surface area contributed by atoms with Gasteiger partial charge < -0.3 is 23.9 Å². The van der Waals surface area contributed by atoms with Crippen LogP contribution in [0, 0.1) is 0 Å². The minimum atomic E-state index is -5.58. The van der Waals surface area contributed by atoms with Crippen molar-refractivity contribution < 1.29 is 59.8 Å². The van der Waals surface area contributed by atoms with Gasteiger partial charge in [-0.3, -0.25) is 9.78 Å². The van der Waals surface area contributed by atoms with Gasteiger partial charge in [-0.25, -0.2) is 19.6 Å². The summed E-state index contributed by atoms with van der Waals surface area (Å²) in [4.78, 5) is 54.5. The molecule has 0 saturated carbocycles. The molecule has 1 amide bonds. The van der Waals surface area contributed by atoms with Gasteiger partial charge in [-0.15, -0.1) is 0 Å². The monoisotopic (exact) mass is 675 g/mol. The van der Waals surface area contributed by atoms with Gasteiger partial charge in [-0.05, 0) is 42.5 Å². The highest BCUT2D eigenvalue weighted by molar-refractivity contribution is 5.95. The molecule has 5 aromatic rings. The quantitative estimate of drug-likeness (QED) is 0.113. The first-order valence-corrected chi connectivity index (χ1v) is 13.3. The van der Waals surface area contributed by atoms with Gasteiger partial charge in [-0.1, -0.05) is 12.1 Å². The summed E-state index contributed by atoms with van der Waals surface area (Å²) in [6.07, 6.45) is -8.61. The minimum Gasteiger partial charge on any atom is -0.449 e. The molecule has 0 atom stereocenters. The standard InChI is InChI=1S/C30H19F6N5O7/c1-40(2)26(42)16-9-11-17(12-10-16)45-23-20(46-21-8-4-6-14-38-21)15-19-22(24(23)47-27(43)29(31,32)33)39-25(18-7-3-5-13-37-18)41(19)48-28(44)30(34,35)36/h3-15H,1-2H3. The van der Waals surface area contributed by atoms with E-state index in [2.05, 4.69) is 19.8 Å².